The Bertz CT molecular complexity index is 1200. The summed E-state index contributed by atoms with van der Waals surface area (Å²) in [6.45, 7) is 4.19. The molecule has 36 heavy (non-hydrogen) atoms. The third-order valence-corrected chi connectivity index (χ3v) is 7.69. The Morgan fingerprint density at radius 1 is 1.03 bits per heavy atom. The summed E-state index contributed by atoms with van der Waals surface area (Å²) in [6.07, 6.45) is 3.72. The molecule has 0 N–H and O–H groups in total. The zero-order valence-corrected chi connectivity index (χ0v) is 22.3. The normalized spacial score (nSPS) is 21.5. The molecule has 0 saturated heterocycles. The van der Waals surface area contributed by atoms with Gasteiger partial charge in [-0.3, -0.25) is 14.6 Å². The van der Waals surface area contributed by atoms with Crippen molar-refractivity contribution in [3.05, 3.63) is 64.9 Å². The molecule has 1 heterocycles. The van der Waals surface area contributed by atoms with E-state index in [0.717, 1.165) is 28.1 Å². The molecule has 7 heteroatoms. The summed E-state index contributed by atoms with van der Waals surface area (Å²) in [7, 11) is 3.21. The number of hydrogen-bond donors (Lipinski definition) is 0. The van der Waals surface area contributed by atoms with Crippen LogP contribution in [-0.2, 0) is 14.3 Å². The number of allylic oxidation sites excluding steroid dienone is 2. The first-order valence-corrected chi connectivity index (χ1v) is 13.5. The summed E-state index contributed by atoms with van der Waals surface area (Å²) in [5.74, 6) is -0.0599. The minimum Gasteiger partial charge on any atom is -0.493 e. The second-order valence-corrected chi connectivity index (χ2v) is 10.0. The third kappa shape index (κ3) is 5.07. The Labute approximate surface area is 217 Å². The van der Waals surface area contributed by atoms with E-state index >= 15 is 0 Å². The molecular weight excluding hydrogens is 474 g/mol. The molecule has 1 aliphatic carbocycles. The molecule has 6 nitrogen and oxygen atoms in total. The Balaban J connectivity index is 1.75. The van der Waals surface area contributed by atoms with Crippen LogP contribution in [0.4, 0.5) is 0 Å². The summed E-state index contributed by atoms with van der Waals surface area (Å²) in [6, 6.07) is 13.9. The van der Waals surface area contributed by atoms with Crippen molar-refractivity contribution in [2.45, 2.75) is 49.8 Å². The number of hydrogen-bond acceptors (Lipinski definition) is 7. The second-order valence-electron chi connectivity index (χ2n) is 9.15. The highest BCUT2D eigenvalue weighted by atomic mass is 32.2. The molecule has 0 bridgehead atoms. The van der Waals surface area contributed by atoms with Crippen molar-refractivity contribution < 1.29 is 23.8 Å². The zero-order chi connectivity index (χ0) is 25.8. The number of nitrogens with zero attached hydrogens (tertiary/aromatic N) is 1. The van der Waals surface area contributed by atoms with E-state index in [1.165, 1.54) is 0 Å². The van der Waals surface area contributed by atoms with Gasteiger partial charge in [-0.25, -0.2) is 0 Å². The molecule has 0 aromatic heterocycles. The van der Waals surface area contributed by atoms with Gasteiger partial charge in [-0.1, -0.05) is 25.1 Å². The molecule has 4 rings (SSSR count). The smallest absolute Gasteiger partial charge is 0.315 e. The lowest BCUT2D eigenvalue weighted by Crippen LogP contribution is -2.38. The number of Topliss-reactive ketones (excluding diaryl/α,β-unsaturated/α-hetero) is 1. The van der Waals surface area contributed by atoms with Crippen molar-refractivity contribution in [3.63, 3.8) is 0 Å². The van der Waals surface area contributed by atoms with Crippen LogP contribution in [0.5, 0.6) is 11.5 Å². The standard InChI is InChI=1S/C29H33NO5S/c1-6-13-35-29(32)26-17(2)30-22-14-20(19-9-12-24(33-3)25(16-19)34-4)15-23(31)28(22)27(26)18-7-10-21(36-5)11-8-18/h7-12,16,20,26-27H,6,13-15H2,1-5H3/t20-,26?,27-/m0/s1. The molecular formula is C29H33NO5S. The number of ether oxygens (including phenoxy) is 3. The third-order valence-electron chi connectivity index (χ3n) is 6.94. The molecule has 2 aromatic rings. The van der Waals surface area contributed by atoms with Gasteiger partial charge in [0.05, 0.1) is 20.8 Å². The Morgan fingerprint density at radius 3 is 2.36 bits per heavy atom. The first-order valence-electron chi connectivity index (χ1n) is 12.3. The summed E-state index contributed by atoms with van der Waals surface area (Å²) in [5, 5.41) is 0. The predicted molar refractivity (Wildman–Crippen MR) is 142 cm³/mol. The summed E-state index contributed by atoms with van der Waals surface area (Å²) in [4.78, 5) is 32.9. The molecule has 0 fully saturated rings. The summed E-state index contributed by atoms with van der Waals surface area (Å²) in [5.41, 5.74) is 4.04. The molecule has 0 amide bonds. The second kappa shape index (κ2) is 11.3. The van der Waals surface area contributed by atoms with Crippen molar-refractivity contribution in [1.82, 2.24) is 0 Å². The summed E-state index contributed by atoms with van der Waals surface area (Å²) < 4.78 is 16.4. The average Bonchev–Trinajstić information content (AvgIpc) is 2.90. The molecule has 1 aliphatic heterocycles. The first-order chi connectivity index (χ1) is 17.4. The van der Waals surface area contributed by atoms with Crippen LogP contribution in [-0.4, -0.2) is 44.5 Å². The maximum absolute atomic E-state index is 13.7. The Kier molecular flexibility index (Phi) is 8.19. The van der Waals surface area contributed by atoms with Gasteiger partial charge < -0.3 is 14.2 Å². The molecule has 3 atom stereocenters. The fourth-order valence-electron chi connectivity index (χ4n) is 5.17. The van der Waals surface area contributed by atoms with Gasteiger partial charge in [0, 0.05) is 34.2 Å². The van der Waals surface area contributed by atoms with Gasteiger partial charge in [0.15, 0.2) is 17.3 Å². The largest absolute Gasteiger partial charge is 0.493 e. The fourth-order valence-corrected chi connectivity index (χ4v) is 5.58. The van der Waals surface area contributed by atoms with E-state index in [2.05, 4.69) is 0 Å². The lowest BCUT2D eigenvalue weighted by atomic mass is 9.69. The highest BCUT2D eigenvalue weighted by molar-refractivity contribution is 7.98. The van der Waals surface area contributed by atoms with Crippen LogP contribution in [0.1, 0.15) is 56.1 Å². The summed E-state index contributed by atoms with van der Waals surface area (Å²) >= 11 is 1.66. The lowest BCUT2D eigenvalue weighted by Gasteiger charge is -2.36. The predicted octanol–water partition coefficient (Wildman–Crippen LogP) is 5.95. The van der Waals surface area contributed by atoms with Crippen LogP contribution in [0.15, 0.2) is 63.6 Å². The number of thioether (sulfide) groups is 1. The van der Waals surface area contributed by atoms with Crippen LogP contribution < -0.4 is 9.47 Å². The molecule has 0 saturated carbocycles. The van der Waals surface area contributed by atoms with Crippen LogP contribution in [0.3, 0.4) is 0 Å². The lowest BCUT2D eigenvalue weighted by molar-refractivity contribution is -0.146. The van der Waals surface area contributed by atoms with Crippen molar-refractivity contribution in [1.29, 1.82) is 0 Å². The first kappa shape index (κ1) is 26.0. The van der Waals surface area contributed by atoms with Gasteiger partial charge in [-0.15, -0.1) is 11.8 Å². The van der Waals surface area contributed by atoms with Crippen LogP contribution in [0, 0.1) is 5.92 Å². The van der Waals surface area contributed by atoms with Gasteiger partial charge in [0.2, 0.25) is 0 Å². The van der Waals surface area contributed by atoms with E-state index in [1.807, 2.05) is 62.6 Å². The van der Waals surface area contributed by atoms with Gasteiger partial charge in [0.1, 0.15) is 5.92 Å². The number of benzene rings is 2. The van der Waals surface area contributed by atoms with Crippen molar-refractivity contribution >= 4 is 29.2 Å². The minimum atomic E-state index is -0.614. The molecule has 2 aromatic carbocycles. The number of esters is 1. The quantitative estimate of drug-likeness (QED) is 0.325. The maximum Gasteiger partial charge on any atom is 0.315 e. The maximum atomic E-state index is 13.7. The van der Waals surface area contributed by atoms with E-state index < -0.39 is 11.8 Å². The van der Waals surface area contributed by atoms with E-state index in [4.69, 9.17) is 19.2 Å². The van der Waals surface area contributed by atoms with E-state index in [-0.39, 0.29) is 17.7 Å². The fraction of sp³-hybridized carbons (Fsp3) is 0.414. The van der Waals surface area contributed by atoms with Crippen molar-refractivity contribution in [2.24, 2.45) is 10.9 Å². The van der Waals surface area contributed by atoms with Gasteiger partial charge in [-0.2, -0.15) is 0 Å². The number of carbonyl (C=O) groups is 2. The number of rotatable bonds is 8. The Hall–Kier alpha value is -3.06. The molecule has 2 aliphatic rings. The van der Waals surface area contributed by atoms with Gasteiger partial charge in [-0.05, 0) is 67.3 Å². The van der Waals surface area contributed by atoms with Crippen LogP contribution in [0.2, 0.25) is 0 Å². The van der Waals surface area contributed by atoms with E-state index in [9.17, 15) is 9.59 Å². The number of methoxy groups -OCH3 is 2. The molecule has 0 spiro atoms. The highest BCUT2D eigenvalue weighted by Crippen LogP contribution is 2.47. The number of ketones is 1. The molecule has 1 unspecified atom stereocenters. The van der Waals surface area contributed by atoms with Gasteiger partial charge in [0.25, 0.3) is 0 Å². The number of aliphatic imine (C=N–C) groups is 1. The molecule has 0 radical (unpaired) electrons. The minimum absolute atomic E-state index is 0.0273. The van der Waals surface area contributed by atoms with Crippen molar-refractivity contribution in [2.75, 3.05) is 27.1 Å². The average molecular weight is 508 g/mol. The zero-order valence-electron chi connectivity index (χ0n) is 21.5. The SMILES string of the molecule is CCCOC(=O)C1C(C)=NC2=C(C(=O)C[C@@H](c3ccc(OC)c(OC)c3)C2)[C@H]1c1ccc(SC)cc1. The molecule has 190 valence electrons. The Morgan fingerprint density at radius 2 is 1.72 bits per heavy atom. The monoisotopic (exact) mass is 507 g/mol. The number of carbonyl (C=O) groups excluding carboxylic acids is 2. The van der Waals surface area contributed by atoms with Crippen LogP contribution in [0.25, 0.3) is 0 Å². The highest BCUT2D eigenvalue weighted by Gasteiger charge is 2.44. The van der Waals surface area contributed by atoms with Crippen LogP contribution >= 0.6 is 11.8 Å². The topological polar surface area (TPSA) is 74.2 Å². The van der Waals surface area contributed by atoms with E-state index in [1.54, 1.807) is 26.0 Å². The van der Waals surface area contributed by atoms with E-state index in [0.29, 0.717) is 42.2 Å². The van der Waals surface area contributed by atoms with Gasteiger partial charge >= 0.3 is 5.97 Å². The van der Waals surface area contributed by atoms with Crippen molar-refractivity contribution in [3.8, 4) is 11.5 Å².